The number of benzene rings is 1. The number of hydrogen-bond donors (Lipinski definition) is 1. The molecule has 1 aliphatic rings. The molecule has 1 amide bonds. The minimum absolute atomic E-state index is 0.0189. The van der Waals surface area contributed by atoms with E-state index in [0.717, 1.165) is 18.7 Å². The molecule has 0 bridgehead atoms. The van der Waals surface area contributed by atoms with Crippen LogP contribution in [0.25, 0.3) is 5.69 Å². The van der Waals surface area contributed by atoms with E-state index in [9.17, 15) is 4.79 Å². The largest absolute Gasteiger partial charge is 0.337 e. The second-order valence-corrected chi connectivity index (χ2v) is 5.85. The first-order valence-corrected chi connectivity index (χ1v) is 7.08. The van der Waals surface area contributed by atoms with Gasteiger partial charge in [-0.15, -0.1) is 5.10 Å². The highest BCUT2D eigenvalue weighted by Crippen LogP contribution is 2.29. The van der Waals surface area contributed by atoms with Gasteiger partial charge in [-0.25, -0.2) is 0 Å². The average Bonchev–Trinajstić information content (AvgIpc) is 3.15. The number of para-hydroxylation sites is 1. The van der Waals surface area contributed by atoms with Gasteiger partial charge in [0, 0.05) is 13.1 Å². The smallest absolute Gasteiger partial charge is 0.276 e. The predicted molar refractivity (Wildman–Crippen MR) is 79.0 cm³/mol. The molecule has 21 heavy (non-hydrogen) atoms. The second kappa shape index (κ2) is 5.29. The molecule has 0 spiro atoms. The zero-order valence-electron chi connectivity index (χ0n) is 12.1. The van der Waals surface area contributed by atoms with Gasteiger partial charge in [-0.05, 0) is 30.5 Å². The van der Waals surface area contributed by atoms with Gasteiger partial charge in [0.2, 0.25) is 0 Å². The van der Waals surface area contributed by atoms with Gasteiger partial charge in [0.1, 0.15) is 0 Å². The molecule has 6 nitrogen and oxygen atoms in total. The van der Waals surface area contributed by atoms with Crippen LogP contribution in [-0.4, -0.2) is 45.4 Å². The molecular formula is C15H19N5O. The van der Waals surface area contributed by atoms with Gasteiger partial charge in [0.05, 0.1) is 11.9 Å². The van der Waals surface area contributed by atoms with E-state index in [-0.39, 0.29) is 11.3 Å². The molecule has 6 heteroatoms. The first-order valence-electron chi connectivity index (χ1n) is 7.08. The van der Waals surface area contributed by atoms with Crippen molar-refractivity contribution in [1.82, 2.24) is 19.9 Å². The Kier molecular flexibility index (Phi) is 3.47. The maximum Gasteiger partial charge on any atom is 0.276 e. The van der Waals surface area contributed by atoms with Gasteiger partial charge in [0.15, 0.2) is 5.69 Å². The van der Waals surface area contributed by atoms with Gasteiger partial charge >= 0.3 is 0 Å². The van der Waals surface area contributed by atoms with Crippen LogP contribution in [0.3, 0.4) is 0 Å². The Morgan fingerprint density at radius 3 is 2.81 bits per heavy atom. The number of aromatic nitrogens is 3. The van der Waals surface area contributed by atoms with Gasteiger partial charge in [-0.3, -0.25) is 4.79 Å². The zero-order valence-corrected chi connectivity index (χ0v) is 12.1. The lowest BCUT2D eigenvalue weighted by atomic mass is 9.90. The third kappa shape index (κ3) is 2.67. The molecule has 110 valence electrons. The predicted octanol–water partition coefficient (Wildman–Crippen LogP) is 1.08. The van der Waals surface area contributed by atoms with Crippen molar-refractivity contribution in [1.29, 1.82) is 0 Å². The van der Waals surface area contributed by atoms with E-state index >= 15 is 0 Å². The molecule has 1 atom stereocenters. The van der Waals surface area contributed by atoms with Gasteiger partial charge < -0.3 is 10.6 Å². The van der Waals surface area contributed by atoms with Crippen molar-refractivity contribution in [2.75, 3.05) is 19.6 Å². The van der Waals surface area contributed by atoms with Crippen LogP contribution in [0, 0.1) is 5.41 Å². The van der Waals surface area contributed by atoms with Crippen molar-refractivity contribution in [2.24, 2.45) is 11.1 Å². The monoisotopic (exact) mass is 285 g/mol. The fraction of sp³-hybridized carbons (Fsp3) is 0.400. The van der Waals surface area contributed by atoms with E-state index in [0.29, 0.717) is 18.8 Å². The van der Waals surface area contributed by atoms with Crippen LogP contribution in [0.15, 0.2) is 36.5 Å². The summed E-state index contributed by atoms with van der Waals surface area (Å²) >= 11 is 0. The Bertz CT molecular complexity index is 639. The van der Waals surface area contributed by atoms with Crippen LogP contribution in [-0.2, 0) is 0 Å². The zero-order chi connectivity index (χ0) is 14.9. The van der Waals surface area contributed by atoms with Crippen molar-refractivity contribution < 1.29 is 4.79 Å². The lowest BCUT2D eigenvalue weighted by molar-refractivity contribution is 0.0770. The summed E-state index contributed by atoms with van der Waals surface area (Å²) in [6, 6.07) is 9.54. The third-order valence-corrected chi connectivity index (χ3v) is 4.04. The first-order chi connectivity index (χ1) is 10.1. The summed E-state index contributed by atoms with van der Waals surface area (Å²) < 4.78 is 0. The SMILES string of the molecule is CC1(CN)CCN(C(=O)c2cnn(-c3ccccc3)n2)C1. The van der Waals surface area contributed by atoms with E-state index < -0.39 is 0 Å². The molecule has 3 rings (SSSR count). The molecule has 2 heterocycles. The highest BCUT2D eigenvalue weighted by atomic mass is 16.2. The number of carbonyl (C=O) groups excluding carboxylic acids is 1. The standard InChI is InChI=1S/C15H19N5O/c1-15(10-16)7-8-19(11-15)14(21)13-9-17-20(18-13)12-5-3-2-4-6-12/h2-6,9H,7-8,10-11,16H2,1H3. The normalized spacial score (nSPS) is 21.7. The van der Waals surface area contributed by atoms with E-state index in [1.165, 1.54) is 11.0 Å². The molecule has 1 fully saturated rings. The van der Waals surface area contributed by atoms with E-state index in [2.05, 4.69) is 17.1 Å². The lowest BCUT2D eigenvalue weighted by Crippen LogP contribution is -2.34. The maximum absolute atomic E-state index is 12.5. The van der Waals surface area contributed by atoms with Crippen LogP contribution in [0.1, 0.15) is 23.8 Å². The quantitative estimate of drug-likeness (QED) is 0.915. The molecular weight excluding hydrogens is 266 g/mol. The van der Waals surface area contributed by atoms with Crippen molar-refractivity contribution >= 4 is 5.91 Å². The molecule has 1 saturated heterocycles. The van der Waals surface area contributed by atoms with Crippen molar-refractivity contribution in [2.45, 2.75) is 13.3 Å². The minimum atomic E-state index is -0.0747. The number of nitrogens with two attached hydrogens (primary N) is 1. The minimum Gasteiger partial charge on any atom is -0.337 e. The van der Waals surface area contributed by atoms with Crippen molar-refractivity contribution in [3.05, 3.63) is 42.2 Å². The summed E-state index contributed by atoms with van der Waals surface area (Å²) in [5, 5.41) is 8.45. The van der Waals surface area contributed by atoms with Crippen molar-refractivity contribution in [3.8, 4) is 5.69 Å². The fourth-order valence-corrected chi connectivity index (χ4v) is 2.57. The molecule has 1 unspecified atom stereocenters. The third-order valence-electron chi connectivity index (χ3n) is 4.04. The molecule has 0 aliphatic carbocycles. The maximum atomic E-state index is 12.5. The van der Waals surface area contributed by atoms with Crippen LogP contribution in [0.5, 0.6) is 0 Å². The number of rotatable bonds is 3. The van der Waals surface area contributed by atoms with Crippen molar-refractivity contribution in [3.63, 3.8) is 0 Å². The summed E-state index contributed by atoms with van der Waals surface area (Å²) in [4.78, 5) is 15.8. The van der Waals surface area contributed by atoms with Crippen LogP contribution in [0.2, 0.25) is 0 Å². The number of carbonyl (C=O) groups is 1. The van der Waals surface area contributed by atoms with Gasteiger partial charge in [-0.1, -0.05) is 25.1 Å². The molecule has 0 radical (unpaired) electrons. The number of likely N-dealkylation sites (tertiary alicyclic amines) is 1. The summed E-state index contributed by atoms with van der Waals surface area (Å²) in [5.74, 6) is -0.0747. The average molecular weight is 285 g/mol. The van der Waals surface area contributed by atoms with E-state index in [4.69, 9.17) is 5.73 Å². The van der Waals surface area contributed by atoms with Crippen LogP contribution < -0.4 is 5.73 Å². The van der Waals surface area contributed by atoms with Gasteiger partial charge in [0.25, 0.3) is 5.91 Å². The molecule has 2 N–H and O–H groups in total. The summed E-state index contributed by atoms with van der Waals surface area (Å²) in [5.41, 5.74) is 7.01. The molecule has 1 aliphatic heterocycles. The van der Waals surface area contributed by atoms with Crippen LogP contribution in [0.4, 0.5) is 0 Å². The summed E-state index contributed by atoms with van der Waals surface area (Å²) in [7, 11) is 0. The Morgan fingerprint density at radius 2 is 2.14 bits per heavy atom. The number of amides is 1. The van der Waals surface area contributed by atoms with Gasteiger partial charge in [-0.2, -0.15) is 9.90 Å². The number of nitrogens with zero attached hydrogens (tertiary/aromatic N) is 4. The second-order valence-electron chi connectivity index (χ2n) is 5.85. The number of hydrogen-bond acceptors (Lipinski definition) is 4. The highest BCUT2D eigenvalue weighted by molar-refractivity contribution is 5.92. The fourth-order valence-electron chi connectivity index (χ4n) is 2.57. The summed E-state index contributed by atoms with van der Waals surface area (Å²) in [6.45, 7) is 4.11. The Balaban J connectivity index is 1.77. The van der Waals surface area contributed by atoms with E-state index in [1.54, 1.807) is 0 Å². The Morgan fingerprint density at radius 1 is 1.38 bits per heavy atom. The Hall–Kier alpha value is -2.21. The van der Waals surface area contributed by atoms with E-state index in [1.807, 2.05) is 35.2 Å². The molecule has 1 aromatic heterocycles. The first kappa shape index (κ1) is 13.8. The lowest BCUT2D eigenvalue weighted by Gasteiger charge is -2.21. The Labute approximate surface area is 123 Å². The summed E-state index contributed by atoms with van der Waals surface area (Å²) in [6.07, 6.45) is 2.45. The topological polar surface area (TPSA) is 77.0 Å². The molecule has 1 aromatic carbocycles. The molecule has 0 saturated carbocycles. The molecule has 2 aromatic rings. The van der Waals surface area contributed by atoms with Crippen LogP contribution >= 0.6 is 0 Å². The highest BCUT2D eigenvalue weighted by Gasteiger charge is 2.35.